The van der Waals surface area contributed by atoms with Crippen LogP contribution in [-0.4, -0.2) is 23.8 Å². The van der Waals surface area contributed by atoms with E-state index in [1.807, 2.05) is 0 Å². The number of carbonyl (C=O) groups is 2. The van der Waals surface area contributed by atoms with Crippen LogP contribution in [0, 0.1) is 17.0 Å². The number of nitrogens with zero attached hydrogens (tertiary/aromatic N) is 1. The van der Waals surface area contributed by atoms with Gasteiger partial charge < -0.3 is 15.4 Å². The van der Waals surface area contributed by atoms with Crippen LogP contribution >= 0.6 is 0 Å². The maximum atomic E-state index is 12.7. The molecule has 3 aromatic carbocycles. The number of hydrogen-bond donors (Lipinski definition) is 2. The van der Waals surface area contributed by atoms with Crippen molar-refractivity contribution in [1.82, 2.24) is 0 Å². The molecule has 0 aliphatic heterocycles. The van der Waals surface area contributed by atoms with Crippen molar-refractivity contribution >= 4 is 28.9 Å². The van der Waals surface area contributed by atoms with Crippen LogP contribution in [0.2, 0.25) is 0 Å². The van der Waals surface area contributed by atoms with E-state index >= 15 is 0 Å². The first kappa shape index (κ1) is 20.5. The first-order valence-electron chi connectivity index (χ1n) is 9.00. The Morgan fingerprint density at radius 2 is 1.70 bits per heavy atom. The van der Waals surface area contributed by atoms with Gasteiger partial charge in [0.2, 0.25) is 0 Å². The lowest BCUT2D eigenvalue weighted by Gasteiger charge is -2.12. The zero-order valence-corrected chi connectivity index (χ0v) is 16.3. The third-order valence-electron chi connectivity index (χ3n) is 4.40. The van der Waals surface area contributed by atoms with Crippen molar-refractivity contribution < 1.29 is 19.2 Å². The van der Waals surface area contributed by atoms with Crippen LogP contribution < -0.4 is 15.4 Å². The van der Waals surface area contributed by atoms with Gasteiger partial charge >= 0.3 is 0 Å². The molecule has 0 fully saturated rings. The molecule has 0 atom stereocenters. The summed E-state index contributed by atoms with van der Waals surface area (Å²) in [6, 6.07) is 17.6. The highest BCUT2D eigenvalue weighted by Crippen LogP contribution is 2.23. The molecule has 0 heterocycles. The Morgan fingerprint density at radius 3 is 2.40 bits per heavy atom. The molecule has 0 saturated heterocycles. The monoisotopic (exact) mass is 405 g/mol. The molecule has 30 heavy (non-hydrogen) atoms. The van der Waals surface area contributed by atoms with Gasteiger partial charge in [0.25, 0.3) is 17.5 Å². The minimum absolute atomic E-state index is 0.0652. The van der Waals surface area contributed by atoms with E-state index in [1.165, 1.54) is 25.3 Å². The molecule has 8 nitrogen and oxygen atoms in total. The van der Waals surface area contributed by atoms with E-state index in [-0.39, 0.29) is 16.8 Å². The average Bonchev–Trinajstić information content (AvgIpc) is 2.73. The molecule has 0 aromatic heterocycles. The number of nitro groups is 1. The fourth-order valence-electron chi connectivity index (χ4n) is 2.89. The second kappa shape index (κ2) is 8.87. The molecule has 2 amide bonds. The Balaban J connectivity index is 1.81. The summed E-state index contributed by atoms with van der Waals surface area (Å²) in [5.74, 6) is -0.281. The van der Waals surface area contributed by atoms with Crippen molar-refractivity contribution in [2.24, 2.45) is 0 Å². The lowest BCUT2D eigenvalue weighted by Crippen LogP contribution is -2.18. The number of carbonyl (C=O) groups excluding carboxylic acids is 2. The molecule has 0 saturated carbocycles. The molecule has 0 bridgehead atoms. The Morgan fingerprint density at radius 1 is 0.933 bits per heavy atom. The van der Waals surface area contributed by atoms with Crippen LogP contribution in [0.25, 0.3) is 0 Å². The molecule has 0 unspecified atom stereocenters. The van der Waals surface area contributed by atoms with E-state index in [0.29, 0.717) is 22.7 Å². The van der Waals surface area contributed by atoms with Crippen molar-refractivity contribution in [2.75, 3.05) is 17.7 Å². The van der Waals surface area contributed by atoms with E-state index in [4.69, 9.17) is 4.74 Å². The Labute approximate surface area is 172 Å². The summed E-state index contributed by atoms with van der Waals surface area (Å²) in [4.78, 5) is 35.8. The van der Waals surface area contributed by atoms with E-state index < -0.39 is 16.7 Å². The van der Waals surface area contributed by atoms with Gasteiger partial charge in [-0.3, -0.25) is 19.7 Å². The van der Waals surface area contributed by atoms with Crippen LogP contribution in [-0.2, 0) is 0 Å². The fourth-order valence-corrected chi connectivity index (χ4v) is 2.89. The molecule has 0 spiro atoms. The van der Waals surface area contributed by atoms with Crippen molar-refractivity contribution in [1.29, 1.82) is 0 Å². The largest absolute Gasteiger partial charge is 0.497 e. The van der Waals surface area contributed by atoms with Crippen LogP contribution in [0.15, 0.2) is 66.7 Å². The predicted molar refractivity (Wildman–Crippen MR) is 113 cm³/mol. The number of anilines is 2. The molecule has 3 aromatic rings. The summed E-state index contributed by atoms with van der Waals surface area (Å²) in [6.07, 6.45) is 0. The van der Waals surface area contributed by atoms with E-state index in [2.05, 4.69) is 10.6 Å². The third-order valence-corrected chi connectivity index (χ3v) is 4.40. The van der Waals surface area contributed by atoms with Gasteiger partial charge in [-0.05, 0) is 43.3 Å². The number of methoxy groups -OCH3 is 1. The summed E-state index contributed by atoms with van der Waals surface area (Å²) in [5.41, 5.74) is 1.69. The second-order valence-corrected chi connectivity index (χ2v) is 6.44. The van der Waals surface area contributed by atoms with Crippen LogP contribution in [0.1, 0.15) is 26.3 Å². The van der Waals surface area contributed by atoms with Crippen molar-refractivity contribution in [2.45, 2.75) is 6.92 Å². The molecule has 0 aliphatic carbocycles. The zero-order chi connectivity index (χ0) is 21.7. The molecule has 152 valence electrons. The summed E-state index contributed by atoms with van der Waals surface area (Å²) < 4.78 is 5.15. The zero-order valence-electron chi connectivity index (χ0n) is 16.3. The van der Waals surface area contributed by atoms with E-state index in [9.17, 15) is 19.7 Å². The van der Waals surface area contributed by atoms with Gasteiger partial charge in [0.05, 0.1) is 23.3 Å². The Kier molecular flexibility index (Phi) is 6.07. The number of para-hydroxylation sites is 1. The minimum atomic E-state index is -0.505. The Hall–Kier alpha value is -4.20. The van der Waals surface area contributed by atoms with Crippen molar-refractivity contribution in [3.8, 4) is 5.75 Å². The van der Waals surface area contributed by atoms with Gasteiger partial charge in [-0.15, -0.1) is 0 Å². The number of rotatable bonds is 6. The molecule has 2 N–H and O–H groups in total. The van der Waals surface area contributed by atoms with Crippen molar-refractivity contribution in [3.05, 3.63) is 93.5 Å². The summed E-state index contributed by atoms with van der Waals surface area (Å²) in [5, 5.41) is 16.4. The number of benzene rings is 3. The normalized spacial score (nSPS) is 10.2. The van der Waals surface area contributed by atoms with E-state index in [1.54, 1.807) is 55.5 Å². The summed E-state index contributed by atoms with van der Waals surface area (Å²) in [6.45, 7) is 1.56. The number of hydrogen-bond acceptors (Lipinski definition) is 5. The van der Waals surface area contributed by atoms with Crippen LogP contribution in [0.4, 0.5) is 17.1 Å². The summed E-state index contributed by atoms with van der Waals surface area (Å²) in [7, 11) is 1.53. The topological polar surface area (TPSA) is 111 Å². The highest BCUT2D eigenvalue weighted by molar-refractivity contribution is 6.12. The van der Waals surface area contributed by atoms with Gasteiger partial charge in [-0.2, -0.15) is 0 Å². The van der Waals surface area contributed by atoms with Gasteiger partial charge in [0.1, 0.15) is 5.75 Å². The first-order valence-corrected chi connectivity index (χ1v) is 9.00. The number of amides is 2. The number of nitro benzene ring substituents is 1. The fraction of sp³-hybridized carbons (Fsp3) is 0.0909. The molecular weight excluding hydrogens is 386 g/mol. The van der Waals surface area contributed by atoms with Crippen LogP contribution in [0.5, 0.6) is 5.75 Å². The predicted octanol–water partition coefficient (Wildman–Crippen LogP) is 4.42. The standard InChI is InChI=1S/C22H19N3O5/c1-14-12-15(10-11-20(14)25(28)29)21(26)24-19-9-4-3-8-18(19)22(27)23-16-6-5-7-17(13-16)30-2/h3-13H,1-2H3,(H,23,27)(H,24,26). The van der Waals surface area contributed by atoms with Gasteiger partial charge in [-0.25, -0.2) is 0 Å². The SMILES string of the molecule is COc1cccc(NC(=O)c2ccccc2NC(=O)c2ccc([N+](=O)[O-])c(C)c2)c1. The second-order valence-electron chi connectivity index (χ2n) is 6.44. The number of aryl methyl sites for hydroxylation is 1. The molecular formula is C22H19N3O5. The van der Waals surface area contributed by atoms with Crippen LogP contribution in [0.3, 0.4) is 0 Å². The third kappa shape index (κ3) is 4.61. The smallest absolute Gasteiger partial charge is 0.272 e. The maximum Gasteiger partial charge on any atom is 0.272 e. The molecule has 0 aliphatic rings. The highest BCUT2D eigenvalue weighted by Gasteiger charge is 2.17. The lowest BCUT2D eigenvalue weighted by atomic mass is 10.1. The number of ether oxygens (including phenoxy) is 1. The van der Waals surface area contributed by atoms with Gasteiger partial charge in [0, 0.05) is 28.9 Å². The number of nitrogens with one attached hydrogen (secondary N) is 2. The lowest BCUT2D eigenvalue weighted by molar-refractivity contribution is -0.385. The minimum Gasteiger partial charge on any atom is -0.497 e. The van der Waals surface area contributed by atoms with Gasteiger partial charge in [-0.1, -0.05) is 18.2 Å². The van der Waals surface area contributed by atoms with Gasteiger partial charge in [0.15, 0.2) is 0 Å². The molecule has 8 heteroatoms. The molecule has 3 rings (SSSR count). The van der Waals surface area contributed by atoms with Crippen molar-refractivity contribution in [3.63, 3.8) is 0 Å². The quantitative estimate of drug-likeness (QED) is 0.466. The first-order chi connectivity index (χ1) is 14.4. The maximum absolute atomic E-state index is 12.7. The molecule has 0 radical (unpaired) electrons. The Bertz CT molecular complexity index is 1130. The average molecular weight is 405 g/mol. The summed E-state index contributed by atoms with van der Waals surface area (Å²) >= 11 is 0. The van der Waals surface area contributed by atoms with E-state index in [0.717, 1.165) is 0 Å². The highest BCUT2D eigenvalue weighted by atomic mass is 16.6.